The second-order valence-electron chi connectivity index (χ2n) is 2.46. The molecule has 0 rings (SSSR count). The highest BCUT2D eigenvalue weighted by molar-refractivity contribution is 4.94. The topological polar surface area (TPSA) is 0 Å². The minimum absolute atomic E-state index is 0.906. The van der Waals surface area contributed by atoms with E-state index < -0.39 is 0 Å². The third-order valence-electron chi connectivity index (χ3n) is 1.49. The van der Waals surface area contributed by atoms with Crippen LogP contribution in [0.1, 0.15) is 39.0 Å². The summed E-state index contributed by atoms with van der Waals surface area (Å²) in [5.74, 6) is 0. The van der Waals surface area contributed by atoms with Crippen LogP contribution in [0.25, 0.3) is 0 Å². The Bertz CT molecular complexity index is 72.1. The quantitative estimate of drug-likeness (QED) is 0.390. The average Bonchev–Trinajstić information content (AvgIpc) is 1.89. The Morgan fingerprint density at radius 2 is 2.00 bits per heavy atom. The first-order valence-electron chi connectivity index (χ1n) is 3.77. The molecule has 0 aromatic carbocycles. The fourth-order valence-corrected chi connectivity index (χ4v) is 0.750. The SMILES string of the molecule is [CH2]CC(=C)CCCCC. The van der Waals surface area contributed by atoms with Gasteiger partial charge in [0.2, 0.25) is 0 Å². The number of hydrogen-bond donors (Lipinski definition) is 0. The van der Waals surface area contributed by atoms with Crippen LogP contribution in [-0.4, -0.2) is 0 Å². The molecule has 0 aliphatic heterocycles. The number of hydrogen-bond acceptors (Lipinski definition) is 0. The molecule has 0 heterocycles. The van der Waals surface area contributed by atoms with Crippen molar-refractivity contribution in [2.75, 3.05) is 0 Å². The van der Waals surface area contributed by atoms with Crippen LogP contribution in [-0.2, 0) is 0 Å². The molecule has 0 aromatic heterocycles. The zero-order valence-corrected chi connectivity index (χ0v) is 6.45. The summed E-state index contributed by atoms with van der Waals surface area (Å²) in [7, 11) is 0. The smallest absolute Gasteiger partial charge is 0.0323 e. The van der Waals surface area contributed by atoms with E-state index >= 15 is 0 Å². The second-order valence-corrected chi connectivity index (χ2v) is 2.46. The molecule has 0 aromatic rings. The Balaban J connectivity index is 2.97. The summed E-state index contributed by atoms with van der Waals surface area (Å²) < 4.78 is 0. The van der Waals surface area contributed by atoms with E-state index in [9.17, 15) is 0 Å². The molecule has 0 saturated heterocycles. The van der Waals surface area contributed by atoms with Crippen LogP contribution in [0, 0.1) is 6.92 Å². The van der Waals surface area contributed by atoms with Crippen molar-refractivity contribution in [1.29, 1.82) is 0 Å². The van der Waals surface area contributed by atoms with Gasteiger partial charge in [-0.3, -0.25) is 0 Å². The maximum atomic E-state index is 3.88. The van der Waals surface area contributed by atoms with E-state index in [0.29, 0.717) is 0 Å². The van der Waals surface area contributed by atoms with Crippen molar-refractivity contribution < 1.29 is 0 Å². The summed E-state index contributed by atoms with van der Waals surface area (Å²) in [6.45, 7) is 9.86. The van der Waals surface area contributed by atoms with Gasteiger partial charge in [-0.25, -0.2) is 0 Å². The Hall–Kier alpha value is -0.260. The Labute approximate surface area is 59.0 Å². The number of rotatable bonds is 5. The fourth-order valence-electron chi connectivity index (χ4n) is 0.750. The van der Waals surface area contributed by atoms with Gasteiger partial charge in [0, 0.05) is 0 Å². The summed E-state index contributed by atoms with van der Waals surface area (Å²) >= 11 is 0. The maximum Gasteiger partial charge on any atom is -0.0323 e. The van der Waals surface area contributed by atoms with E-state index in [1.54, 1.807) is 0 Å². The predicted molar refractivity (Wildman–Crippen MR) is 43.3 cm³/mol. The lowest BCUT2D eigenvalue weighted by molar-refractivity contribution is 0.708. The van der Waals surface area contributed by atoms with Gasteiger partial charge >= 0.3 is 0 Å². The van der Waals surface area contributed by atoms with E-state index in [1.165, 1.54) is 31.3 Å². The Morgan fingerprint density at radius 3 is 2.44 bits per heavy atom. The molecule has 9 heavy (non-hydrogen) atoms. The zero-order valence-electron chi connectivity index (χ0n) is 6.45. The zero-order chi connectivity index (χ0) is 7.11. The van der Waals surface area contributed by atoms with Crippen molar-refractivity contribution in [3.05, 3.63) is 19.1 Å². The highest BCUT2D eigenvalue weighted by atomic mass is 13.9. The summed E-state index contributed by atoms with van der Waals surface area (Å²) in [6.07, 6.45) is 6.01. The molecule has 0 amide bonds. The molecule has 0 aliphatic carbocycles. The lowest BCUT2D eigenvalue weighted by atomic mass is 10.1. The van der Waals surface area contributed by atoms with Crippen molar-refractivity contribution in [2.45, 2.75) is 39.0 Å². The van der Waals surface area contributed by atoms with Crippen LogP contribution < -0.4 is 0 Å². The molecule has 53 valence electrons. The largest absolute Gasteiger partial charge is 0.0999 e. The third-order valence-corrected chi connectivity index (χ3v) is 1.49. The van der Waals surface area contributed by atoms with Crippen LogP contribution in [0.3, 0.4) is 0 Å². The van der Waals surface area contributed by atoms with Gasteiger partial charge in [-0.1, -0.05) is 31.9 Å². The minimum atomic E-state index is 0.906. The normalized spacial score (nSPS) is 9.56. The summed E-state index contributed by atoms with van der Waals surface area (Å²) in [4.78, 5) is 0. The van der Waals surface area contributed by atoms with E-state index in [2.05, 4.69) is 20.4 Å². The molecule has 0 nitrogen and oxygen atoms in total. The van der Waals surface area contributed by atoms with Crippen LogP contribution >= 0.6 is 0 Å². The first kappa shape index (κ1) is 8.74. The van der Waals surface area contributed by atoms with Gasteiger partial charge in [0.05, 0.1) is 0 Å². The highest BCUT2D eigenvalue weighted by Crippen LogP contribution is 2.08. The van der Waals surface area contributed by atoms with Crippen LogP contribution in [0.15, 0.2) is 12.2 Å². The summed E-state index contributed by atoms with van der Waals surface area (Å²) in [6, 6.07) is 0. The van der Waals surface area contributed by atoms with E-state index in [-0.39, 0.29) is 0 Å². The molecule has 1 radical (unpaired) electrons. The van der Waals surface area contributed by atoms with Crippen molar-refractivity contribution in [3.63, 3.8) is 0 Å². The Morgan fingerprint density at radius 1 is 1.33 bits per heavy atom. The monoisotopic (exact) mass is 125 g/mol. The van der Waals surface area contributed by atoms with Crippen molar-refractivity contribution in [1.82, 2.24) is 0 Å². The van der Waals surface area contributed by atoms with E-state index in [4.69, 9.17) is 0 Å². The molecule has 0 aliphatic rings. The van der Waals surface area contributed by atoms with Crippen LogP contribution in [0.2, 0.25) is 0 Å². The van der Waals surface area contributed by atoms with Gasteiger partial charge < -0.3 is 0 Å². The Kier molecular flexibility index (Phi) is 5.70. The molecule has 0 atom stereocenters. The van der Waals surface area contributed by atoms with E-state index in [0.717, 1.165) is 6.42 Å². The maximum absolute atomic E-state index is 3.88. The summed E-state index contributed by atoms with van der Waals surface area (Å²) in [5, 5.41) is 0. The van der Waals surface area contributed by atoms with Crippen molar-refractivity contribution in [2.24, 2.45) is 0 Å². The molecule has 0 heteroatoms. The second kappa shape index (κ2) is 5.87. The van der Waals surface area contributed by atoms with Gasteiger partial charge in [0.15, 0.2) is 0 Å². The standard InChI is InChI=1S/C9H17/c1-4-6-7-8-9(3)5-2/h2-8H2,1H3. The molecule has 0 saturated carbocycles. The van der Waals surface area contributed by atoms with Gasteiger partial charge in [0.1, 0.15) is 0 Å². The minimum Gasteiger partial charge on any atom is -0.0999 e. The van der Waals surface area contributed by atoms with E-state index in [1.807, 2.05) is 0 Å². The number of allylic oxidation sites excluding steroid dienone is 1. The highest BCUT2D eigenvalue weighted by Gasteiger charge is 1.88. The molecular formula is C9H17. The first-order chi connectivity index (χ1) is 4.31. The number of unbranched alkanes of at least 4 members (excludes halogenated alkanes) is 2. The van der Waals surface area contributed by atoms with Gasteiger partial charge in [0.25, 0.3) is 0 Å². The molecule has 0 fully saturated rings. The molecule has 0 N–H and O–H groups in total. The molecule has 0 bridgehead atoms. The lowest BCUT2D eigenvalue weighted by Gasteiger charge is -1.98. The predicted octanol–water partition coefficient (Wildman–Crippen LogP) is 3.35. The summed E-state index contributed by atoms with van der Waals surface area (Å²) in [5.41, 5.74) is 1.29. The van der Waals surface area contributed by atoms with Gasteiger partial charge in [-0.15, -0.1) is 0 Å². The van der Waals surface area contributed by atoms with Crippen molar-refractivity contribution in [3.8, 4) is 0 Å². The molecule has 0 unspecified atom stereocenters. The average molecular weight is 125 g/mol. The van der Waals surface area contributed by atoms with Gasteiger partial charge in [-0.2, -0.15) is 0 Å². The van der Waals surface area contributed by atoms with Crippen LogP contribution in [0.5, 0.6) is 0 Å². The molecule has 0 spiro atoms. The lowest BCUT2D eigenvalue weighted by Crippen LogP contribution is -1.79. The van der Waals surface area contributed by atoms with Crippen LogP contribution in [0.4, 0.5) is 0 Å². The fraction of sp³-hybridized carbons (Fsp3) is 0.667. The molecular weight excluding hydrogens is 108 g/mol. The van der Waals surface area contributed by atoms with Crippen molar-refractivity contribution >= 4 is 0 Å². The van der Waals surface area contributed by atoms with Gasteiger partial charge in [-0.05, 0) is 26.2 Å². The first-order valence-corrected chi connectivity index (χ1v) is 3.77. The third kappa shape index (κ3) is 5.61.